The molecule has 0 unspecified atom stereocenters. The summed E-state index contributed by atoms with van der Waals surface area (Å²) in [4.78, 5) is 4.33. The Morgan fingerprint density at radius 3 is 2.73 bits per heavy atom. The van der Waals surface area contributed by atoms with Crippen LogP contribution in [-0.2, 0) is 0 Å². The van der Waals surface area contributed by atoms with Crippen LogP contribution in [0.1, 0.15) is 5.56 Å². The summed E-state index contributed by atoms with van der Waals surface area (Å²) in [5, 5.41) is 14.4. The fraction of sp³-hybridized carbons (Fsp3) is 0.0588. The molecule has 0 bridgehead atoms. The fourth-order valence-electron chi connectivity index (χ4n) is 2.09. The Kier molecular flexibility index (Phi) is 3.87. The molecule has 0 aliphatic heterocycles. The Bertz CT molecular complexity index is 814. The third-order valence-corrected chi connectivity index (χ3v) is 3.24. The van der Waals surface area contributed by atoms with Crippen LogP contribution in [0.25, 0.3) is 10.9 Å². The molecular formula is C17H15N3O2. The van der Waals surface area contributed by atoms with Gasteiger partial charge in [-0.3, -0.25) is 10.4 Å². The third kappa shape index (κ3) is 2.98. The van der Waals surface area contributed by atoms with E-state index in [2.05, 4.69) is 15.5 Å². The number of aromatic hydroxyl groups is 1. The third-order valence-electron chi connectivity index (χ3n) is 3.24. The zero-order chi connectivity index (χ0) is 15.4. The van der Waals surface area contributed by atoms with Crippen LogP contribution < -0.4 is 10.2 Å². The van der Waals surface area contributed by atoms with Crippen LogP contribution in [0.5, 0.6) is 11.5 Å². The fourth-order valence-corrected chi connectivity index (χ4v) is 2.09. The summed E-state index contributed by atoms with van der Waals surface area (Å²) < 4.78 is 5.20. The number of benzene rings is 2. The molecule has 5 heteroatoms. The Hall–Kier alpha value is -3.08. The number of nitrogens with one attached hydrogen (secondary N) is 1. The number of aromatic nitrogens is 1. The molecule has 1 heterocycles. The van der Waals surface area contributed by atoms with Gasteiger partial charge in [-0.05, 0) is 48.0 Å². The first-order valence-electron chi connectivity index (χ1n) is 6.77. The van der Waals surface area contributed by atoms with Crippen LogP contribution in [0.3, 0.4) is 0 Å². The van der Waals surface area contributed by atoms with Gasteiger partial charge in [-0.1, -0.05) is 0 Å². The summed E-state index contributed by atoms with van der Waals surface area (Å²) in [7, 11) is 1.63. The molecule has 2 aromatic carbocycles. The molecule has 0 spiro atoms. The predicted molar refractivity (Wildman–Crippen MR) is 87.6 cm³/mol. The second kappa shape index (κ2) is 6.13. The summed E-state index contributed by atoms with van der Waals surface area (Å²) in [5.41, 5.74) is 5.61. The maximum absolute atomic E-state index is 9.24. The molecule has 3 aromatic rings. The Morgan fingerprint density at radius 2 is 1.95 bits per heavy atom. The van der Waals surface area contributed by atoms with E-state index >= 15 is 0 Å². The molecule has 2 N–H and O–H groups in total. The molecule has 3 rings (SSSR count). The normalized spacial score (nSPS) is 11.0. The second-order valence-corrected chi connectivity index (χ2v) is 4.70. The molecule has 22 heavy (non-hydrogen) atoms. The second-order valence-electron chi connectivity index (χ2n) is 4.70. The van der Waals surface area contributed by atoms with Gasteiger partial charge in [0.25, 0.3) is 0 Å². The van der Waals surface area contributed by atoms with Gasteiger partial charge in [0.05, 0.1) is 24.5 Å². The van der Waals surface area contributed by atoms with E-state index in [0.29, 0.717) is 0 Å². The number of anilines is 1. The van der Waals surface area contributed by atoms with Crippen LogP contribution in [0.2, 0.25) is 0 Å². The van der Waals surface area contributed by atoms with Gasteiger partial charge in [0.15, 0.2) is 0 Å². The quantitative estimate of drug-likeness (QED) is 0.571. The van der Waals surface area contributed by atoms with E-state index in [9.17, 15) is 5.11 Å². The van der Waals surface area contributed by atoms with Gasteiger partial charge in [0, 0.05) is 17.6 Å². The molecule has 0 saturated carbocycles. The minimum absolute atomic E-state index is 0.235. The maximum Gasteiger partial charge on any atom is 0.121 e. The Morgan fingerprint density at radius 1 is 1.14 bits per heavy atom. The number of hydrazone groups is 1. The molecule has 110 valence electrons. The topological polar surface area (TPSA) is 66.7 Å². The van der Waals surface area contributed by atoms with Gasteiger partial charge >= 0.3 is 0 Å². The van der Waals surface area contributed by atoms with Gasteiger partial charge in [-0.2, -0.15) is 5.10 Å². The van der Waals surface area contributed by atoms with E-state index in [4.69, 9.17) is 4.74 Å². The average molecular weight is 293 g/mol. The number of nitrogens with zero attached hydrogens (tertiary/aromatic N) is 2. The largest absolute Gasteiger partial charge is 0.508 e. The van der Waals surface area contributed by atoms with Crippen molar-refractivity contribution in [3.63, 3.8) is 0 Å². The summed E-state index contributed by atoms with van der Waals surface area (Å²) in [6.07, 6.45) is 3.41. The molecule has 0 aliphatic rings. The van der Waals surface area contributed by atoms with Crippen LogP contribution >= 0.6 is 0 Å². The zero-order valence-corrected chi connectivity index (χ0v) is 12.0. The van der Waals surface area contributed by atoms with Crippen LogP contribution in [0, 0.1) is 0 Å². The summed E-state index contributed by atoms with van der Waals surface area (Å²) in [6.45, 7) is 0. The lowest BCUT2D eigenvalue weighted by Gasteiger charge is -2.06. The first kappa shape index (κ1) is 13.9. The van der Waals surface area contributed by atoms with Crippen molar-refractivity contribution in [1.29, 1.82) is 0 Å². The molecule has 0 fully saturated rings. The highest BCUT2D eigenvalue weighted by Gasteiger charge is 2.02. The van der Waals surface area contributed by atoms with Gasteiger partial charge < -0.3 is 9.84 Å². The highest BCUT2D eigenvalue weighted by molar-refractivity contribution is 5.92. The standard InChI is InChI=1S/C17H15N3O2/c1-22-14-6-7-15-16(8-9-18-17(15)10-14)20-19-11-12-2-4-13(21)5-3-12/h2-11,21H,1H3,(H,18,20)/b19-11+. The smallest absolute Gasteiger partial charge is 0.121 e. The van der Waals surface area contributed by atoms with Crippen LogP contribution in [-0.4, -0.2) is 23.4 Å². The lowest BCUT2D eigenvalue weighted by molar-refractivity contribution is 0.415. The van der Waals surface area contributed by atoms with Crippen molar-refractivity contribution in [2.45, 2.75) is 0 Å². The molecular weight excluding hydrogens is 278 g/mol. The van der Waals surface area contributed by atoms with Crippen molar-refractivity contribution in [3.8, 4) is 11.5 Å². The highest BCUT2D eigenvalue weighted by Crippen LogP contribution is 2.25. The van der Waals surface area contributed by atoms with E-state index < -0.39 is 0 Å². The van der Waals surface area contributed by atoms with Crippen LogP contribution in [0.15, 0.2) is 59.8 Å². The lowest BCUT2D eigenvalue weighted by atomic mass is 10.2. The number of phenolic OH excluding ortho intramolecular Hbond substituents is 1. The van der Waals surface area contributed by atoms with Gasteiger partial charge in [-0.15, -0.1) is 0 Å². The number of ether oxygens (including phenoxy) is 1. The molecule has 5 nitrogen and oxygen atoms in total. The summed E-state index contributed by atoms with van der Waals surface area (Å²) >= 11 is 0. The van der Waals surface area contributed by atoms with Crippen molar-refractivity contribution in [1.82, 2.24) is 4.98 Å². The minimum Gasteiger partial charge on any atom is -0.508 e. The van der Waals surface area contributed by atoms with Crippen LogP contribution in [0.4, 0.5) is 5.69 Å². The Balaban J connectivity index is 1.83. The SMILES string of the molecule is COc1ccc2c(N/N=C/c3ccc(O)cc3)ccnc2c1. The van der Waals surface area contributed by atoms with Crippen molar-refractivity contribution in [2.75, 3.05) is 12.5 Å². The predicted octanol–water partition coefficient (Wildman–Crippen LogP) is 3.40. The molecule has 0 amide bonds. The number of methoxy groups -OCH3 is 1. The molecule has 0 saturated heterocycles. The molecule has 1 aromatic heterocycles. The first-order chi connectivity index (χ1) is 10.8. The number of hydrogen-bond donors (Lipinski definition) is 2. The van der Waals surface area contributed by atoms with Gasteiger partial charge in [0.2, 0.25) is 0 Å². The zero-order valence-electron chi connectivity index (χ0n) is 12.0. The minimum atomic E-state index is 0.235. The van der Waals surface area contributed by atoms with E-state index in [-0.39, 0.29) is 5.75 Å². The van der Waals surface area contributed by atoms with E-state index in [1.54, 1.807) is 43.8 Å². The van der Waals surface area contributed by atoms with Crippen molar-refractivity contribution in [3.05, 3.63) is 60.3 Å². The van der Waals surface area contributed by atoms with Crippen molar-refractivity contribution in [2.24, 2.45) is 5.10 Å². The van der Waals surface area contributed by atoms with Gasteiger partial charge in [0.1, 0.15) is 11.5 Å². The summed E-state index contributed by atoms with van der Waals surface area (Å²) in [5.74, 6) is 1.00. The number of fused-ring (bicyclic) bond motifs is 1. The Labute approximate surface area is 127 Å². The van der Waals surface area contributed by atoms with E-state index in [1.165, 1.54) is 0 Å². The first-order valence-corrected chi connectivity index (χ1v) is 6.77. The number of rotatable bonds is 4. The average Bonchev–Trinajstić information content (AvgIpc) is 2.56. The number of phenols is 1. The lowest BCUT2D eigenvalue weighted by Crippen LogP contribution is -1.93. The molecule has 0 aliphatic carbocycles. The monoisotopic (exact) mass is 293 g/mol. The summed E-state index contributed by atoms with van der Waals surface area (Å²) in [6, 6.07) is 14.4. The molecule has 0 atom stereocenters. The maximum atomic E-state index is 9.24. The number of hydrogen-bond acceptors (Lipinski definition) is 5. The van der Waals surface area contributed by atoms with Crippen molar-refractivity contribution < 1.29 is 9.84 Å². The van der Waals surface area contributed by atoms with E-state index in [1.807, 2.05) is 24.3 Å². The van der Waals surface area contributed by atoms with Gasteiger partial charge in [-0.25, -0.2) is 0 Å². The molecule has 0 radical (unpaired) electrons. The number of pyridine rings is 1. The van der Waals surface area contributed by atoms with E-state index in [0.717, 1.165) is 27.9 Å². The highest BCUT2D eigenvalue weighted by atomic mass is 16.5. The van der Waals surface area contributed by atoms with Crippen molar-refractivity contribution >= 4 is 22.8 Å².